The van der Waals surface area contributed by atoms with Crippen molar-refractivity contribution in [3.8, 4) is 0 Å². The van der Waals surface area contributed by atoms with Gasteiger partial charge in [0.15, 0.2) is 0 Å². The zero-order chi connectivity index (χ0) is 16.7. The Bertz CT molecular complexity index is 643. The number of nitrogens with zero attached hydrogens (tertiary/aromatic N) is 1. The van der Waals surface area contributed by atoms with E-state index in [1.54, 1.807) is 0 Å². The second kappa shape index (κ2) is 6.02. The highest BCUT2D eigenvalue weighted by molar-refractivity contribution is 7.85. The quantitative estimate of drug-likeness (QED) is 0.292. The van der Waals surface area contributed by atoms with E-state index in [9.17, 15) is 13.2 Å². The second-order valence-electron chi connectivity index (χ2n) is 4.88. The van der Waals surface area contributed by atoms with Crippen LogP contribution in [0.3, 0.4) is 0 Å². The van der Waals surface area contributed by atoms with E-state index in [-0.39, 0.29) is 33.1 Å². The molecule has 0 saturated carbocycles. The molecule has 120 valence electrons. The number of hydrogen-bond acceptors (Lipinski definition) is 4. The maximum Gasteiger partial charge on any atom is 0.416 e. The van der Waals surface area contributed by atoms with Crippen LogP contribution in [-0.4, -0.2) is 18.4 Å². The Balaban J connectivity index is 2.41. The van der Waals surface area contributed by atoms with Gasteiger partial charge < -0.3 is 16.8 Å². The van der Waals surface area contributed by atoms with Gasteiger partial charge in [-0.1, -0.05) is 11.6 Å². The van der Waals surface area contributed by atoms with Crippen molar-refractivity contribution in [2.45, 2.75) is 19.1 Å². The lowest BCUT2D eigenvalue weighted by Crippen LogP contribution is -2.19. The Labute approximate surface area is 135 Å². The van der Waals surface area contributed by atoms with Crippen molar-refractivity contribution in [2.24, 2.45) is 16.5 Å². The van der Waals surface area contributed by atoms with Crippen LogP contribution in [0.4, 0.5) is 18.9 Å². The van der Waals surface area contributed by atoms with Gasteiger partial charge in [0.05, 0.1) is 27.2 Å². The molecular weight excluding hydrogens is 337 g/mol. The van der Waals surface area contributed by atoms with Gasteiger partial charge in [-0.3, -0.25) is 0 Å². The highest BCUT2D eigenvalue weighted by Gasteiger charge is 2.31. The third-order valence-electron chi connectivity index (χ3n) is 3.11. The van der Waals surface area contributed by atoms with E-state index in [2.05, 4.69) is 22.9 Å². The number of alkyl halides is 3. The van der Waals surface area contributed by atoms with Crippen LogP contribution in [0.2, 0.25) is 5.02 Å². The zero-order valence-electron chi connectivity index (χ0n) is 11.5. The van der Waals surface area contributed by atoms with Gasteiger partial charge in [0.2, 0.25) is 0 Å². The van der Waals surface area contributed by atoms with Gasteiger partial charge >= 0.3 is 6.18 Å². The van der Waals surface area contributed by atoms with Crippen LogP contribution in [0.1, 0.15) is 11.1 Å². The lowest BCUT2D eigenvalue weighted by atomic mass is 10.1. The molecule has 1 unspecified atom stereocenters. The summed E-state index contributed by atoms with van der Waals surface area (Å²) in [4.78, 5) is 4.35. The molecule has 0 amide bonds. The lowest BCUT2D eigenvalue weighted by molar-refractivity contribution is -0.137. The largest absolute Gasteiger partial charge is 0.416 e. The minimum Gasteiger partial charge on any atom is -0.400 e. The number of thiol groups is 1. The molecule has 0 aromatic heterocycles. The molecule has 0 spiro atoms. The standard InChI is InChI=1S/C13H14ClF3N4S/c1-5-2-6(13(15,16)17)3-7(14)10(5)21-12(19)11(22)9(18)8-4-20-8/h2-3,8,20,22H,4,18H2,1H3,(H2,19,21)/b11-9+. The summed E-state index contributed by atoms with van der Waals surface area (Å²) in [6, 6.07) is 1.78. The molecule has 1 atom stereocenters. The van der Waals surface area contributed by atoms with Crippen LogP contribution in [0.15, 0.2) is 27.7 Å². The summed E-state index contributed by atoms with van der Waals surface area (Å²) in [7, 11) is 0. The molecule has 22 heavy (non-hydrogen) atoms. The van der Waals surface area contributed by atoms with Crippen molar-refractivity contribution >= 4 is 35.8 Å². The van der Waals surface area contributed by atoms with E-state index in [1.807, 2.05) is 0 Å². The minimum absolute atomic E-state index is 0.000656. The third kappa shape index (κ3) is 3.68. The number of benzene rings is 1. The Hall–Kier alpha value is -1.38. The van der Waals surface area contributed by atoms with Crippen LogP contribution >= 0.6 is 24.2 Å². The molecule has 1 aliphatic rings. The molecule has 4 nitrogen and oxygen atoms in total. The molecule has 0 radical (unpaired) electrons. The molecule has 1 aromatic carbocycles. The minimum atomic E-state index is -4.47. The Morgan fingerprint density at radius 1 is 1.41 bits per heavy atom. The van der Waals surface area contributed by atoms with Gasteiger partial charge in [-0.2, -0.15) is 13.2 Å². The van der Waals surface area contributed by atoms with Crippen LogP contribution in [-0.2, 0) is 6.18 Å². The van der Waals surface area contributed by atoms with Crippen molar-refractivity contribution < 1.29 is 13.2 Å². The van der Waals surface area contributed by atoms with Crippen LogP contribution in [0.5, 0.6) is 0 Å². The van der Waals surface area contributed by atoms with E-state index in [0.29, 0.717) is 5.70 Å². The van der Waals surface area contributed by atoms with Gasteiger partial charge in [0.25, 0.3) is 0 Å². The molecule has 1 aromatic rings. The van der Waals surface area contributed by atoms with E-state index in [1.165, 1.54) is 6.92 Å². The first-order chi connectivity index (χ1) is 10.1. The molecule has 0 aliphatic carbocycles. The fraction of sp³-hybridized carbons (Fsp3) is 0.308. The Morgan fingerprint density at radius 2 is 2.00 bits per heavy atom. The second-order valence-corrected chi connectivity index (χ2v) is 5.74. The van der Waals surface area contributed by atoms with Gasteiger partial charge in [0, 0.05) is 12.2 Å². The maximum atomic E-state index is 12.7. The summed E-state index contributed by atoms with van der Waals surface area (Å²) in [6.45, 7) is 2.20. The normalized spacial score (nSPS) is 19.9. The number of nitrogens with two attached hydrogens (primary N) is 2. The van der Waals surface area contributed by atoms with Crippen LogP contribution in [0, 0.1) is 6.92 Å². The van der Waals surface area contributed by atoms with E-state index >= 15 is 0 Å². The van der Waals surface area contributed by atoms with Crippen molar-refractivity contribution in [3.05, 3.63) is 38.9 Å². The summed E-state index contributed by atoms with van der Waals surface area (Å²) in [5.74, 6) is -0.000656. The number of amidine groups is 1. The maximum absolute atomic E-state index is 12.7. The van der Waals surface area contributed by atoms with Gasteiger partial charge in [0.1, 0.15) is 5.84 Å². The first kappa shape index (κ1) is 17.0. The van der Waals surface area contributed by atoms with Gasteiger partial charge in [-0.15, -0.1) is 12.6 Å². The monoisotopic (exact) mass is 350 g/mol. The van der Waals surface area contributed by atoms with Gasteiger partial charge in [-0.05, 0) is 24.6 Å². The summed E-state index contributed by atoms with van der Waals surface area (Å²) in [6.07, 6.45) is -4.47. The zero-order valence-corrected chi connectivity index (χ0v) is 13.2. The van der Waals surface area contributed by atoms with Crippen molar-refractivity contribution in [2.75, 3.05) is 6.54 Å². The highest BCUT2D eigenvalue weighted by Crippen LogP contribution is 2.37. The average molecular weight is 351 g/mol. The molecule has 5 N–H and O–H groups in total. The van der Waals surface area contributed by atoms with Crippen LogP contribution < -0.4 is 16.8 Å². The number of rotatable bonds is 3. The first-order valence-electron chi connectivity index (χ1n) is 6.25. The Kier molecular flexibility index (Phi) is 4.65. The number of aliphatic imine (C=N–C) groups is 1. The highest BCUT2D eigenvalue weighted by atomic mass is 35.5. The SMILES string of the molecule is Cc1cc(C(F)(F)F)cc(Cl)c1N=C(N)/C(S)=C(\N)C1CN1. The molecule has 1 heterocycles. The fourth-order valence-electron chi connectivity index (χ4n) is 1.81. The third-order valence-corrected chi connectivity index (χ3v) is 3.89. The summed E-state index contributed by atoms with van der Waals surface area (Å²) in [5.41, 5.74) is 11.7. The topological polar surface area (TPSA) is 86.3 Å². The molecule has 0 bridgehead atoms. The molecule has 9 heteroatoms. The van der Waals surface area contributed by atoms with Crippen LogP contribution in [0.25, 0.3) is 0 Å². The predicted octanol–water partition coefficient (Wildman–Crippen LogP) is 2.73. The molecule has 1 fully saturated rings. The Morgan fingerprint density at radius 3 is 2.45 bits per heavy atom. The van der Waals surface area contributed by atoms with Crippen molar-refractivity contribution in [3.63, 3.8) is 0 Å². The summed E-state index contributed by atoms with van der Waals surface area (Å²) >= 11 is 10.1. The summed E-state index contributed by atoms with van der Waals surface area (Å²) < 4.78 is 38.1. The van der Waals surface area contributed by atoms with E-state index < -0.39 is 11.7 Å². The predicted molar refractivity (Wildman–Crippen MR) is 84.5 cm³/mol. The number of nitrogens with one attached hydrogen (secondary N) is 1. The average Bonchev–Trinajstić information content (AvgIpc) is 3.24. The summed E-state index contributed by atoms with van der Waals surface area (Å²) in [5, 5.41) is 2.85. The fourth-order valence-corrected chi connectivity index (χ4v) is 2.32. The van der Waals surface area contributed by atoms with Gasteiger partial charge in [-0.25, -0.2) is 4.99 Å². The van der Waals surface area contributed by atoms with E-state index in [0.717, 1.165) is 18.7 Å². The van der Waals surface area contributed by atoms with Crippen molar-refractivity contribution in [1.82, 2.24) is 5.32 Å². The number of aryl methyl sites for hydroxylation is 1. The molecular formula is C13H14ClF3N4S. The number of halogens is 4. The molecule has 1 saturated heterocycles. The van der Waals surface area contributed by atoms with E-state index in [4.69, 9.17) is 23.1 Å². The molecule has 1 aliphatic heterocycles. The number of hydrogen-bond donors (Lipinski definition) is 4. The molecule has 2 rings (SSSR count). The van der Waals surface area contributed by atoms with Crippen molar-refractivity contribution in [1.29, 1.82) is 0 Å². The first-order valence-corrected chi connectivity index (χ1v) is 7.07. The smallest absolute Gasteiger partial charge is 0.400 e. The lowest BCUT2D eigenvalue weighted by Gasteiger charge is -2.12.